The van der Waals surface area contributed by atoms with Crippen molar-refractivity contribution in [3.63, 3.8) is 0 Å². The lowest BCUT2D eigenvalue weighted by Gasteiger charge is -2.42. The molecule has 4 heterocycles. The van der Waals surface area contributed by atoms with E-state index in [9.17, 15) is 13.6 Å². The number of fused-ring (bicyclic) bond motifs is 1. The Hall–Kier alpha value is -1.68. The highest BCUT2D eigenvalue weighted by molar-refractivity contribution is 5.97. The van der Waals surface area contributed by atoms with Crippen LogP contribution in [0.5, 0.6) is 0 Å². The molecule has 1 N–H and O–H groups in total. The van der Waals surface area contributed by atoms with Crippen LogP contribution >= 0.6 is 0 Å². The fourth-order valence-electron chi connectivity index (χ4n) is 5.54. The third-order valence-corrected chi connectivity index (χ3v) is 7.43. The molecule has 1 unspecified atom stereocenters. The van der Waals surface area contributed by atoms with Gasteiger partial charge in [0.2, 0.25) is 5.91 Å². The molecule has 7 nitrogen and oxygen atoms in total. The fraction of sp³-hybridized carbons (Fsp3) is 0.769. The number of hydrogen-bond acceptors (Lipinski definition) is 6. The van der Waals surface area contributed by atoms with Gasteiger partial charge in [0.15, 0.2) is 0 Å². The number of piperazine rings is 1. The molecule has 2 saturated heterocycles. The normalized spacial score (nSPS) is 25.8. The maximum atomic E-state index is 14.9. The van der Waals surface area contributed by atoms with Gasteiger partial charge in [-0.1, -0.05) is 27.7 Å². The zero-order valence-electron chi connectivity index (χ0n) is 21.8. The van der Waals surface area contributed by atoms with E-state index in [1.165, 1.54) is 6.07 Å². The van der Waals surface area contributed by atoms with Crippen LogP contribution in [0.1, 0.15) is 52.3 Å². The first-order valence-corrected chi connectivity index (χ1v) is 12.9. The number of hydrogen-bond donors (Lipinski definition) is 1. The Kier molecular flexibility index (Phi) is 7.81. The first-order valence-electron chi connectivity index (χ1n) is 12.9. The van der Waals surface area contributed by atoms with Gasteiger partial charge in [0.1, 0.15) is 5.69 Å². The summed E-state index contributed by atoms with van der Waals surface area (Å²) in [6.07, 6.45) is 1.29. The molecule has 35 heavy (non-hydrogen) atoms. The van der Waals surface area contributed by atoms with Gasteiger partial charge in [-0.15, -0.1) is 0 Å². The molecule has 1 aromatic heterocycles. The van der Waals surface area contributed by atoms with Crippen molar-refractivity contribution in [2.24, 2.45) is 5.92 Å². The van der Waals surface area contributed by atoms with Crippen molar-refractivity contribution >= 4 is 11.6 Å². The first kappa shape index (κ1) is 26.4. The molecule has 3 aliphatic heterocycles. The molecule has 2 atom stereocenters. The van der Waals surface area contributed by atoms with E-state index in [1.54, 1.807) is 24.9 Å². The third-order valence-electron chi connectivity index (χ3n) is 7.43. The zero-order valence-corrected chi connectivity index (χ0v) is 21.8. The van der Waals surface area contributed by atoms with Gasteiger partial charge < -0.3 is 15.0 Å². The second kappa shape index (κ2) is 10.4. The highest BCUT2D eigenvalue weighted by atomic mass is 19.3. The summed E-state index contributed by atoms with van der Waals surface area (Å²) in [5.41, 5.74) is 0.852. The quantitative estimate of drug-likeness (QED) is 0.631. The largest absolute Gasteiger partial charge is 0.379 e. The van der Waals surface area contributed by atoms with Crippen LogP contribution in [0.15, 0.2) is 12.3 Å². The van der Waals surface area contributed by atoms with E-state index < -0.39 is 5.92 Å². The number of ether oxygens (including phenoxy) is 1. The molecule has 0 aliphatic carbocycles. The van der Waals surface area contributed by atoms with Crippen molar-refractivity contribution < 1.29 is 18.3 Å². The molecule has 1 amide bonds. The van der Waals surface area contributed by atoms with Crippen molar-refractivity contribution in [1.82, 2.24) is 20.1 Å². The molecule has 0 aromatic carbocycles. The molecule has 0 spiro atoms. The van der Waals surface area contributed by atoms with Gasteiger partial charge in [-0.05, 0) is 18.9 Å². The van der Waals surface area contributed by atoms with Crippen molar-refractivity contribution in [3.05, 3.63) is 23.5 Å². The van der Waals surface area contributed by atoms with E-state index in [0.29, 0.717) is 12.2 Å². The number of carbonyl (C=O) groups is 1. The summed E-state index contributed by atoms with van der Waals surface area (Å²) in [7, 11) is 0. The summed E-state index contributed by atoms with van der Waals surface area (Å²) < 4.78 is 35.3. The second-order valence-electron chi connectivity index (χ2n) is 11.6. The van der Waals surface area contributed by atoms with Crippen LogP contribution in [0.3, 0.4) is 0 Å². The summed E-state index contributed by atoms with van der Waals surface area (Å²) in [5.74, 6) is -3.23. The Morgan fingerprint density at radius 1 is 1.31 bits per heavy atom. The number of morpholine rings is 1. The smallest absolute Gasteiger partial charge is 0.290 e. The number of amides is 1. The topological polar surface area (TPSA) is 60.9 Å². The second-order valence-corrected chi connectivity index (χ2v) is 11.6. The SMILES string of the molecule is CC(C)CC(F)(F)c1cc2c(cn1)C(C)(C)CN2C(=O)CN1CC(C)NC[C@@H]1CN1CCOCC1. The average Bonchev–Trinajstić information content (AvgIpc) is 3.06. The summed E-state index contributed by atoms with van der Waals surface area (Å²) >= 11 is 0. The monoisotopic (exact) mass is 493 g/mol. The average molecular weight is 494 g/mol. The van der Waals surface area contributed by atoms with E-state index in [-0.39, 0.29) is 48.0 Å². The third kappa shape index (κ3) is 6.01. The van der Waals surface area contributed by atoms with Crippen molar-refractivity contribution in [2.75, 3.05) is 63.9 Å². The Bertz CT molecular complexity index is 904. The van der Waals surface area contributed by atoms with Gasteiger partial charge in [-0.3, -0.25) is 19.6 Å². The van der Waals surface area contributed by atoms with E-state index in [2.05, 4.69) is 27.0 Å². The predicted octanol–water partition coefficient (Wildman–Crippen LogP) is 2.84. The van der Waals surface area contributed by atoms with Crippen LogP contribution in [0.4, 0.5) is 14.5 Å². The minimum Gasteiger partial charge on any atom is -0.379 e. The number of pyridine rings is 1. The molecular weight excluding hydrogens is 452 g/mol. The number of aromatic nitrogens is 1. The summed E-state index contributed by atoms with van der Waals surface area (Å²) in [5, 5.41) is 3.55. The van der Waals surface area contributed by atoms with Gasteiger partial charge in [-0.2, -0.15) is 8.78 Å². The van der Waals surface area contributed by atoms with Crippen molar-refractivity contribution in [1.29, 1.82) is 0 Å². The molecule has 1 aromatic rings. The lowest BCUT2D eigenvalue weighted by Crippen LogP contribution is -2.61. The van der Waals surface area contributed by atoms with Crippen LogP contribution in [0, 0.1) is 5.92 Å². The molecule has 0 radical (unpaired) electrons. The molecular formula is C26H41F2N5O2. The summed E-state index contributed by atoms with van der Waals surface area (Å²) in [4.78, 5) is 24.2. The highest BCUT2D eigenvalue weighted by Gasteiger charge is 2.42. The Balaban J connectivity index is 1.53. The van der Waals surface area contributed by atoms with Crippen LogP contribution in [0.25, 0.3) is 0 Å². The lowest BCUT2D eigenvalue weighted by atomic mass is 9.88. The van der Waals surface area contributed by atoms with Gasteiger partial charge in [-0.25, -0.2) is 0 Å². The molecule has 9 heteroatoms. The van der Waals surface area contributed by atoms with Crippen molar-refractivity contribution in [2.45, 2.75) is 64.5 Å². The number of carbonyl (C=O) groups excluding carboxylic acids is 1. The Labute approximate surface area is 208 Å². The highest BCUT2D eigenvalue weighted by Crippen LogP contribution is 2.43. The molecule has 3 aliphatic rings. The van der Waals surface area contributed by atoms with E-state index in [1.807, 2.05) is 13.8 Å². The molecule has 0 saturated carbocycles. The number of anilines is 1. The molecule has 2 fully saturated rings. The Morgan fingerprint density at radius 3 is 2.71 bits per heavy atom. The number of alkyl halides is 2. The molecule has 4 rings (SSSR count). The summed E-state index contributed by atoms with van der Waals surface area (Å²) in [6, 6.07) is 1.96. The molecule has 196 valence electrons. The lowest BCUT2D eigenvalue weighted by molar-refractivity contribution is -0.121. The number of halogens is 2. The van der Waals surface area contributed by atoms with E-state index in [0.717, 1.165) is 51.5 Å². The number of nitrogens with one attached hydrogen (secondary N) is 1. The van der Waals surface area contributed by atoms with Crippen LogP contribution < -0.4 is 10.2 Å². The van der Waals surface area contributed by atoms with Gasteiger partial charge in [0, 0.05) is 74.9 Å². The summed E-state index contributed by atoms with van der Waals surface area (Å²) in [6.45, 7) is 16.3. The number of nitrogens with zero attached hydrogens (tertiary/aromatic N) is 4. The van der Waals surface area contributed by atoms with Crippen LogP contribution in [0.2, 0.25) is 0 Å². The van der Waals surface area contributed by atoms with Gasteiger partial charge in [0.05, 0.1) is 25.4 Å². The minimum atomic E-state index is -3.03. The fourth-order valence-corrected chi connectivity index (χ4v) is 5.54. The Morgan fingerprint density at radius 2 is 2.03 bits per heavy atom. The number of rotatable bonds is 7. The van der Waals surface area contributed by atoms with E-state index in [4.69, 9.17) is 4.74 Å². The molecule has 0 bridgehead atoms. The minimum absolute atomic E-state index is 0.0396. The van der Waals surface area contributed by atoms with Crippen LogP contribution in [-0.2, 0) is 20.9 Å². The predicted molar refractivity (Wildman–Crippen MR) is 133 cm³/mol. The maximum absolute atomic E-state index is 14.9. The van der Waals surface area contributed by atoms with Gasteiger partial charge in [0.25, 0.3) is 5.92 Å². The first-order chi connectivity index (χ1) is 16.5. The zero-order chi connectivity index (χ0) is 25.4. The van der Waals surface area contributed by atoms with Crippen molar-refractivity contribution in [3.8, 4) is 0 Å². The van der Waals surface area contributed by atoms with Crippen LogP contribution in [-0.4, -0.2) is 91.8 Å². The van der Waals surface area contributed by atoms with Gasteiger partial charge >= 0.3 is 0 Å². The van der Waals surface area contributed by atoms with E-state index >= 15 is 0 Å². The standard InChI is InChI=1S/C26H41F2N5O2/c1-18(2)11-26(27,28)23-10-22-21(13-30-23)25(4,5)17-33(22)24(34)16-32-14-19(3)29-12-20(32)15-31-6-8-35-9-7-31/h10,13,18-20,29H,6-9,11-12,14-17H2,1-5H3/t19?,20-/m1/s1. The maximum Gasteiger partial charge on any atom is 0.290 e.